The molecule has 0 spiro atoms. The van der Waals surface area contributed by atoms with Gasteiger partial charge in [0.05, 0.1) is 6.20 Å². The standard InChI is InChI=1S/C15H20N2S/c1-12-6-7-15(13(2)9-12)18-8-4-5-14-10-16-17(3)11-14/h6-7,9-11H,4-5,8H2,1-3H3. The van der Waals surface area contributed by atoms with Gasteiger partial charge >= 0.3 is 0 Å². The molecule has 0 saturated carbocycles. The van der Waals surface area contributed by atoms with Gasteiger partial charge in [0.15, 0.2) is 0 Å². The van der Waals surface area contributed by atoms with Crippen LogP contribution in [-0.2, 0) is 13.5 Å². The molecule has 0 unspecified atom stereocenters. The van der Waals surface area contributed by atoms with Crippen LogP contribution in [0.5, 0.6) is 0 Å². The van der Waals surface area contributed by atoms with Gasteiger partial charge in [0.1, 0.15) is 0 Å². The molecule has 2 nitrogen and oxygen atoms in total. The Kier molecular flexibility index (Phi) is 4.48. The quantitative estimate of drug-likeness (QED) is 0.602. The van der Waals surface area contributed by atoms with Gasteiger partial charge in [0.2, 0.25) is 0 Å². The van der Waals surface area contributed by atoms with Crippen LogP contribution in [0.1, 0.15) is 23.1 Å². The van der Waals surface area contributed by atoms with E-state index in [2.05, 4.69) is 43.3 Å². The van der Waals surface area contributed by atoms with Gasteiger partial charge in [-0.15, -0.1) is 11.8 Å². The fraction of sp³-hybridized carbons (Fsp3) is 0.400. The molecule has 96 valence electrons. The fourth-order valence-electron chi connectivity index (χ4n) is 2.02. The first-order valence-corrected chi connectivity index (χ1v) is 7.31. The molecule has 1 aromatic heterocycles. The Hall–Kier alpha value is -1.22. The van der Waals surface area contributed by atoms with Crippen LogP contribution in [0.2, 0.25) is 0 Å². The molecule has 3 heteroatoms. The van der Waals surface area contributed by atoms with E-state index >= 15 is 0 Å². The Bertz CT molecular complexity index is 517. The van der Waals surface area contributed by atoms with Crippen LogP contribution in [0, 0.1) is 13.8 Å². The average molecular weight is 260 g/mol. The highest BCUT2D eigenvalue weighted by atomic mass is 32.2. The van der Waals surface area contributed by atoms with Gasteiger partial charge in [-0.25, -0.2) is 0 Å². The average Bonchev–Trinajstić information content (AvgIpc) is 2.73. The van der Waals surface area contributed by atoms with Crippen LogP contribution in [0.25, 0.3) is 0 Å². The van der Waals surface area contributed by atoms with E-state index in [4.69, 9.17) is 0 Å². The van der Waals surface area contributed by atoms with E-state index < -0.39 is 0 Å². The van der Waals surface area contributed by atoms with Gasteiger partial charge < -0.3 is 0 Å². The molecule has 2 aromatic rings. The van der Waals surface area contributed by atoms with Crippen LogP contribution < -0.4 is 0 Å². The zero-order valence-corrected chi connectivity index (χ0v) is 12.1. The first-order valence-electron chi connectivity index (χ1n) is 6.33. The summed E-state index contributed by atoms with van der Waals surface area (Å²) in [5, 5.41) is 4.19. The second kappa shape index (κ2) is 6.10. The van der Waals surface area contributed by atoms with E-state index in [1.807, 2.05) is 29.7 Å². The van der Waals surface area contributed by atoms with E-state index in [1.54, 1.807) is 0 Å². The summed E-state index contributed by atoms with van der Waals surface area (Å²) in [6, 6.07) is 6.68. The molecule has 0 N–H and O–H groups in total. The zero-order chi connectivity index (χ0) is 13.0. The third kappa shape index (κ3) is 3.64. The summed E-state index contributed by atoms with van der Waals surface area (Å²) in [7, 11) is 1.97. The zero-order valence-electron chi connectivity index (χ0n) is 11.3. The molecule has 0 fully saturated rings. The molecule has 2 rings (SSSR count). The van der Waals surface area contributed by atoms with Crippen LogP contribution in [0.3, 0.4) is 0 Å². The monoisotopic (exact) mass is 260 g/mol. The number of hydrogen-bond acceptors (Lipinski definition) is 2. The molecule has 0 aliphatic rings. The van der Waals surface area contributed by atoms with E-state index in [0.29, 0.717) is 0 Å². The minimum absolute atomic E-state index is 1.12. The van der Waals surface area contributed by atoms with Crippen molar-refractivity contribution >= 4 is 11.8 Å². The number of aryl methyl sites for hydroxylation is 4. The number of nitrogens with zero attached hydrogens (tertiary/aromatic N) is 2. The predicted molar refractivity (Wildman–Crippen MR) is 78.2 cm³/mol. The number of hydrogen-bond donors (Lipinski definition) is 0. The minimum atomic E-state index is 1.12. The Morgan fingerprint density at radius 3 is 2.78 bits per heavy atom. The summed E-state index contributed by atoms with van der Waals surface area (Å²) in [6.45, 7) is 4.33. The summed E-state index contributed by atoms with van der Waals surface area (Å²) in [6.07, 6.45) is 6.37. The highest BCUT2D eigenvalue weighted by Crippen LogP contribution is 2.24. The lowest BCUT2D eigenvalue weighted by Gasteiger charge is -2.06. The number of thioether (sulfide) groups is 1. The van der Waals surface area contributed by atoms with Crippen molar-refractivity contribution in [2.24, 2.45) is 7.05 Å². The van der Waals surface area contributed by atoms with Crippen LogP contribution >= 0.6 is 11.8 Å². The second-order valence-corrected chi connectivity index (χ2v) is 5.88. The lowest BCUT2D eigenvalue weighted by Crippen LogP contribution is -1.88. The summed E-state index contributed by atoms with van der Waals surface area (Å²) in [5.74, 6) is 1.17. The highest BCUT2D eigenvalue weighted by molar-refractivity contribution is 7.99. The lowest BCUT2D eigenvalue weighted by molar-refractivity contribution is 0.766. The lowest BCUT2D eigenvalue weighted by atomic mass is 10.2. The van der Waals surface area contributed by atoms with Gasteiger partial charge in [0, 0.05) is 18.1 Å². The number of rotatable bonds is 5. The first-order chi connectivity index (χ1) is 8.65. The molecule has 0 amide bonds. The molecular weight excluding hydrogens is 240 g/mol. The van der Waals surface area contributed by atoms with E-state index in [-0.39, 0.29) is 0 Å². The van der Waals surface area contributed by atoms with Crippen molar-refractivity contribution in [1.29, 1.82) is 0 Å². The second-order valence-electron chi connectivity index (χ2n) is 4.74. The van der Waals surface area contributed by atoms with Crippen molar-refractivity contribution in [3.8, 4) is 0 Å². The third-order valence-corrected chi connectivity index (χ3v) is 4.22. The van der Waals surface area contributed by atoms with Gasteiger partial charge in [-0.3, -0.25) is 4.68 Å². The Balaban J connectivity index is 1.78. The van der Waals surface area contributed by atoms with Crippen LogP contribution in [-0.4, -0.2) is 15.5 Å². The molecule has 0 aliphatic carbocycles. The largest absolute Gasteiger partial charge is 0.276 e. The smallest absolute Gasteiger partial charge is 0.0521 e. The molecule has 0 bridgehead atoms. The van der Waals surface area contributed by atoms with Gasteiger partial charge in [-0.1, -0.05) is 17.7 Å². The van der Waals surface area contributed by atoms with Crippen molar-refractivity contribution < 1.29 is 0 Å². The Morgan fingerprint density at radius 2 is 2.11 bits per heavy atom. The SMILES string of the molecule is Cc1ccc(SCCCc2cnn(C)c2)c(C)c1. The van der Waals surface area contributed by atoms with Crippen molar-refractivity contribution in [1.82, 2.24) is 9.78 Å². The highest BCUT2D eigenvalue weighted by Gasteiger charge is 2.00. The molecule has 1 heterocycles. The van der Waals surface area contributed by atoms with Crippen LogP contribution in [0.4, 0.5) is 0 Å². The Labute approximate surface area is 113 Å². The molecule has 0 aliphatic heterocycles. The van der Waals surface area contributed by atoms with Crippen molar-refractivity contribution in [3.63, 3.8) is 0 Å². The van der Waals surface area contributed by atoms with Crippen molar-refractivity contribution in [2.75, 3.05) is 5.75 Å². The molecule has 18 heavy (non-hydrogen) atoms. The molecular formula is C15H20N2S. The maximum atomic E-state index is 4.19. The summed E-state index contributed by atoms with van der Waals surface area (Å²) in [4.78, 5) is 1.41. The summed E-state index contributed by atoms with van der Waals surface area (Å²) in [5.41, 5.74) is 4.06. The van der Waals surface area contributed by atoms with E-state index in [1.165, 1.54) is 33.8 Å². The fourth-order valence-corrected chi connectivity index (χ4v) is 2.98. The maximum absolute atomic E-state index is 4.19. The Morgan fingerprint density at radius 1 is 1.28 bits per heavy atom. The third-order valence-electron chi connectivity index (χ3n) is 2.96. The molecule has 0 saturated heterocycles. The van der Waals surface area contributed by atoms with Gasteiger partial charge in [0.25, 0.3) is 0 Å². The first kappa shape index (κ1) is 13.2. The van der Waals surface area contributed by atoms with Gasteiger partial charge in [-0.2, -0.15) is 5.10 Å². The minimum Gasteiger partial charge on any atom is -0.276 e. The van der Waals surface area contributed by atoms with Crippen molar-refractivity contribution in [3.05, 3.63) is 47.3 Å². The maximum Gasteiger partial charge on any atom is 0.0521 e. The summed E-state index contributed by atoms with van der Waals surface area (Å²) < 4.78 is 1.87. The topological polar surface area (TPSA) is 17.8 Å². The number of benzene rings is 1. The molecule has 1 aromatic carbocycles. The number of aromatic nitrogens is 2. The normalized spacial score (nSPS) is 10.8. The van der Waals surface area contributed by atoms with E-state index in [9.17, 15) is 0 Å². The van der Waals surface area contributed by atoms with Gasteiger partial charge in [-0.05, 0) is 49.6 Å². The van der Waals surface area contributed by atoms with Crippen molar-refractivity contribution in [2.45, 2.75) is 31.6 Å². The predicted octanol–water partition coefficient (Wildman–Crippen LogP) is 3.76. The molecule has 0 radical (unpaired) electrons. The molecule has 0 atom stereocenters. The van der Waals surface area contributed by atoms with E-state index in [0.717, 1.165) is 6.42 Å². The van der Waals surface area contributed by atoms with Crippen LogP contribution in [0.15, 0.2) is 35.5 Å². The summed E-state index contributed by atoms with van der Waals surface area (Å²) >= 11 is 1.95.